The van der Waals surface area contributed by atoms with E-state index in [0.29, 0.717) is 13.1 Å². The lowest BCUT2D eigenvalue weighted by atomic mass is 10.1. The van der Waals surface area contributed by atoms with Crippen LogP contribution in [0, 0.1) is 0 Å². The lowest BCUT2D eigenvalue weighted by Crippen LogP contribution is -2.33. The van der Waals surface area contributed by atoms with E-state index in [1.54, 1.807) is 25.7 Å². The number of ketones is 1. The molecule has 1 unspecified atom stereocenters. The van der Waals surface area contributed by atoms with Gasteiger partial charge in [-0.25, -0.2) is 0 Å². The standard InChI is InChI=1S/C25H31NO5/c1-25(2,3)31-24(30)16-22(28)14-21(27)15-23(29)26(17-19-10-6-4-7-11-19)18-20-12-8-5-9-13-20/h4-13,21,27H,14-18H2,1-3H3. The summed E-state index contributed by atoms with van der Waals surface area (Å²) in [6, 6.07) is 19.2. The number of Topliss-reactive ketones (excluding diaryl/α,β-unsaturated/α-hetero) is 1. The van der Waals surface area contributed by atoms with Crippen LogP contribution in [0.3, 0.4) is 0 Å². The number of rotatable bonds is 10. The van der Waals surface area contributed by atoms with Crippen LogP contribution in [0.25, 0.3) is 0 Å². The summed E-state index contributed by atoms with van der Waals surface area (Å²) in [6.07, 6.45) is -2.04. The molecule has 0 aliphatic rings. The van der Waals surface area contributed by atoms with E-state index in [1.807, 2.05) is 60.7 Å². The molecular weight excluding hydrogens is 394 g/mol. The first kappa shape index (κ1) is 24.3. The second-order valence-corrected chi connectivity index (χ2v) is 8.58. The van der Waals surface area contributed by atoms with Gasteiger partial charge in [-0.3, -0.25) is 14.4 Å². The summed E-state index contributed by atoms with van der Waals surface area (Å²) in [4.78, 5) is 38.5. The van der Waals surface area contributed by atoms with Crippen LogP contribution in [0.15, 0.2) is 60.7 Å². The van der Waals surface area contributed by atoms with Crippen LogP contribution in [0.4, 0.5) is 0 Å². The second-order valence-electron chi connectivity index (χ2n) is 8.58. The highest BCUT2D eigenvalue weighted by molar-refractivity contribution is 5.96. The van der Waals surface area contributed by atoms with Crippen LogP contribution in [-0.2, 0) is 32.2 Å². The Hall–Kier alpha value is -2.99. The van der Waals surface area contributed by atoms with Crippen molar-refractivity contribution in [1.82, 2.24) is 4.90 Å². The summed E-state index contributed by atoms with van der Waals surface area (Å²) in [5.41, 5.74) is 1.27. The Morgan fingerprint density at radius 1 is 0.871 bits per heavy atom. The quantitative estimate of drug-likeness (QED) is 0.464. The number of aliphatic hydroxyl groups excluding tert-OH is 1. The van der Waals surface area contributed by atoms with Crippen LogP contribution < -0.4 is 0 Å². The molecule has 0 saturated carbocycles. The Morgan fingerprint density at radius 2 is 1.35 bits per heavy atom. The summed E-state index contributed by atoms with van der Waals surface area (Å²) < 4.78 is 5.13. The molecule has 0 bridgehead atoms. The van der Waals surface area contributed by atoms with Crippen LogP contribution >= 0.6 is 0 Å². The average Bonchev–Trinajstić information content (AvgIpc) is 2.67. The van der Waals surface area contributed by atoms with E-state index in [4.69, 9.17) is 4.74 Å². The molecule has 0 aliphatic carbocycles. The number of hydrogen-bond donors (Lipinski definition) is 1. The molecule has 0 fully saturated rings. The Bertz CT molecular complexity index is 817. The Labute approximate surface area is 183 Å². The lowest BCUT2D eigenvalue weighted by molar-refractivity contribution is -0.156. The van der Waals surface area contributed by atoms with Gasteiger partial charge in [0, 0.05) is 19.5 Å². The van der Waals surface area contributed by atoms with Crippen molar-refractivity contribution < 1.29 is 24.2 Å². The number of benzene rings is 2. The minimum atomic E-state index is -1.16. The van der Waals surface area contributed by atoms with Gasteiger partial charge in [0.2, 0.25) is 5.91 Å². The summed E-state index contributed by atoms with van der Waals surface area (Å²) in [5, 5.41) is 10.3. The van der Waals surface area contributed by atoms with Gasteiger partial charge >= 0.3 is 5.97 Å². The van der Waals surface area contributed by atoms with Gasteiger partial charge in [0.15, 0.2) is 0 Å². The summed E-state index contributed by atoms with van der Waals surface area (Å²) >= 11 is 0. The molecule has 31 heavy (non-hydrogen) atoms. The fourth-order valence-electron chi connectivity index (χ4n) is 3.12. The van der Waals surface area contributed by atoms with Crippen LogP contribution in [0.5, 0.6) is 0 Å². The molecule has 0 aromatic heterocycles. The normalized spacial score (nSPS) is 12.1. The number of nitrogens with zero attached hydrogens (tertiary/aromatic N) is 1. The van der Waals surface area contributed by atoms with Gasteiger partial charge in [-0.1, -0.05) is 60.7 Å². The van der Waals surface area contributed by atoms with Gasteiger partial charge in [-0.05, 0) is 31.9 Å². The first-order valence-corrected chi connectivity index (χ1v) is 10.4. The fraction of sp³-hybridized carbons (Fsp3) is 0.400. The molecule has 6 nitrogen and oxygen atoms in total. The third-order valence-corrected chi connectivity index (χ3v) is 4.42. The van der Waals surface area contributed by atoms with Crippen molar-refractivity contribution in [3.05, 3.63) is 71.8 Å². The predicted octanol–water partition coefficient (Wildman–Crippen LogP) is 3.66. The molecule has 0 heterocycles. The monoisotopic (exact) mass is 425 g/mol. The van der Waals surface area contributed by atoms with Crippen molar-refractivity contribution in [1.29, 1.82) is 0 Å². The molecular formula is C25H31NO5. The van der Waals surface area contributed by atoms with E-state index in [-0.39, 0.29) is 18.7 Å². The van der Waals surface area contributed by atoms with Gasteiger partial charge in [0.25, 0.3) is 0 Å². The molecule has 2 aromatic carbocycles. The molecule has 1 amide bonds. The fourth-order valence-corrected chi connectivity index (χ4v) is 3.12. The van der Waals surface area contributed by atoms with E-state index in [1.165, 1.54) is 0 Å². The van der Waals surface area contributed by atoms with E-state index in [9.17, 15) is 19.5 Å². The van der Waals surface area contributed by atoms with E-state index >= 15 is 0 Å². The average molecular weight is 426 g/mol. The van der Waals surface area contributed by atoms with Crippen molar-refractivity contribution in [2.75, 3.05) is 0 Å². The third-order valence-electron chi connectivity index (χ3n) is 4.42. The second kappa shape index (κ2) is 11.4. The van der Waals surface area contributed by atoms with Crippen molar-refractivity contribution in [3.63, 3.8) is 0 Å². The number of carbonyl (C=O) groups is 3. The maximum Gasteiger partial charge on any atom is 0.313 e. The predicted molar refractivity (Wildman–Crippen MR) is 118 cm³/mol. The Morgan fingerprint density at radius 3 is 1.81 bits per heavy atom. The highest BCUT2D eigenvalue weighted by Crippen LogP contribution is 2.14. The highest BCUT2D eigenvalue weighted by Gasteiger charge is 2.23. The molecule has 2 rings (SSSR count). The number of aliphatic hydroxyl groups is 1. The largest absolute Gasteiger partial charge is 0.460 e. The Balaban J connectivity index is 1.96. The summed E-state index contributed by atoms with van der Waals surface area (Å²) in [7, 11) is 0. The minimum absolute atomic E-state index is 0.195. The topological polar surface area (TPSA) is 83.9 Å². The van der Waals surface area contributed by atoms with Crippen molar-refractivity contribution >= 4 is 17.7 Å². The molecule has 1 atom stereocenters. The molecule has 0 aliphatic heterocycles. The number of ether oxygens (including phenoxy) is 1. The zero-order valence-electron chi connectivity index (χ0n) is 18.4. The smallest absolute Gasteiger partial charge is 0.313 e. The molecule has 0 saturated heterocycles. The maximum atomic E-state index is 12.9. The van der Waals surface area contributed by atoms with Gasteiger partial charge in [-0.15, -0.1) is 0 Å². The molecule has 0 spiro atoms. The van der Waals surface area contributed by atoms with Crippen LogP contribution in [-0.4, -0.2) is 39.4 Å². The first-order valence-electron chi connectivity index (χ1n) is 10.4. The lowest BCUT2D eigenvalue weighted by Gasteiger charge is -2.24. The number of esters is 1. The van der Waals surface area contributed by atoms with E-state index in [2.05, 4.69) is 0 Å². The van der Waals surface area contributed by atoms with Crippen molar-refractivity contribution in [3.8, 4) is 0 Å². The molecule has 2 aromatic rings. The van der Waals surface area contributed by atoms with Crippen molar-refractivity contribution in [2.24, 2.45) is 0 Å². The number of carbonyl (C=O) groups excluding carboxylic acids is 3. The molecule has 0 radical (unpaired) electrons. The van der Waals surface area contributed by atoms with Gasteiger partial charge in [0.1, 0.15) is 17.8 Å². The van der Waals surface area contributed by atoms with Gasteiger partial charge < -0.3 is 14.7 Å². The molecule has 166 valence electrons. The van der Waals surface area contributed by atoms with Crippen LogP contribution in [0.1, 0.15) is 51.2 Å². The van der Waals surface area contributed by atoms with Gasteiger partial charge in [-0.2, -0.15) is 0 Å². The first-order chi connectivity index (χ1) is 14.6. The zero-order chi connectivity index (χ0) is 22.9. The molecule has 1 N–H and O–H groups in total. The molecule has 6 heteroatoms. The van der Waals surface area contributed by atoms with Crippen LogP contribution in [0.2, 0.25) is 0 Å². The SMILES string of the molecule is CC(C)(C)OC(=O)CC(=O)CC(O)CC(=O)N(Cc1ccccc1)Cc1ccccc1. The minimum Gasteiger partial charge on any atom is -0.460 e. The summed E-state index contributed by atoms with van der Waals surface area (Å²) in [5.74, 6) is -1.34. The van der Waals surface area contributed by atoms with Crippen molar-refractivity contribution in [2.45, 2.75) is 64.8 Å². The number of hydrogen-bond acceptors (Lipinski definition) is 5. The van der Waals surface area contributed by atoms with Gasteiger partial charge in [0.05, 0.1) is 12.5 Å². The highest BCUT2D eigenvalue weighted by atomic mass is 16.6. The third kappa shape index (κ3) is 9.57. The van der Waals surface area contributed by atoms with E-state index < -0.39 is 29.9 Å². The zero-order valence-corrected chi connectivity index (χ0v) is 18.4. The maximum absolute atomic E-state index is 12.9. The number of amides is 1. The van der Waals surface area contributed by atoms with E-state index in [0.717, 1.165) is 11.1 Å². The summed E-state index contributed by atoms with van der Waals surface area (Å²) in [6.45, 7) is 5.95. The Kier molecular flexibility index (Phi) is 8.94.